The van der Waals surface area contributed by atoms with Crippen LogP contribution in [0.4, 0.5) is 4.39 Å². The molecule has 1 aromatic heterocycles. The van der Waals surface area contributed by atoms with E-state index in [2.05, 4.69) is 5.10 Å². The zero-order valence-electron chi connectivity index (χ0n) is 15.5. The van der Waals surface area contributed by atoms with Crippen LogP contribution in [0.5, 0.6) is 0 Å². The Morgan fingerprint density at radius 3 is 2.56 bits per heavy atom. The minimum atomic E-state index is -1.03. The van der Waals surface area contributed by atoms with Gasteiger partial charge in [-0.3, -0.25) is 4.79 Å². The number of methoxy groups -OCH3 is 1. The summed E-state index contributed by atoms with van der Waals surface area (Å²) in [4.78, 5) is 25.7. The van der Waals surface area contributed by atoms with E-state index in [9.17, 15) is 19.1 Å². The lowest BCUT2D eigenvalue weighted by Crippen LogP contribution is -2.41. The van der Waals surface area contributed by atoms with E-state index in [0.29, 0.717) is 11.4 Å². The topological polar surface area (TPSA) is 84.7 Å². The van der Waals surface area contributed by atoms with E-state index in [1.165, 1.54) is 24.1 Å². The van der Waals surface area contributed by atoms with Gasteiger partial charge in [-0.05, 0) is 38.1 Å². The minimum Gasteiger partial charge on any atom is -0.480 e. The number of hydrogen-bond acceptors (Lipinski definition) is 4. The zero-order valence-corrected chi connectivity index (χ0v) is 15.5. The molecule has 1 saturated heterocycles. The molecule has 0 saturated carbocycles. The summed E-state index contributed by atoms with van der Waals surface area (Å²) in [6.07, 6.45) is 0.0582. The van der Waals surface area contributed by atoms with Crippen molar-refractivity contribution in [2.24, 2.45) is 0 Å². The number of aryl methyl sites for hydroxylation is 1. The molecule has 1 amide bonds. The van der Waals surface area contributed by atoms with Gasteiger partial charge in [0.05, 0.1) is 23.9 Å². The molecule has 1 fully saturated rings. The van der Waals surface area contributed by atoms with Gasteiger partial charge in [0.2, 0.25) is 5.91 Å². The van der Waals surface area contributed by atoms with Gasteiger partial charge >= 0.3 is 5.97 Å². The average Bonchev–Trinajstić information content (AvgIpc) is 3.19. The quantitative estimate of drug-likeness (QED) is 0.862. The highest BCUT2D eigenvalue weighted by atomic mass is 19.1. The lowest BCUT2D eigenvalue weighted by molar-refractivity contribution is -0.148. The molecule has 1 aliphatic rings. The SMILES string of the molecule is COC1CC(C(=O)O)N(C(=O)Cc2c(C)nn(-c3ccc(F)cc3)c2C)C1. The van der Waals surface area contributed by atoms with E-state index in [4.69, 9.17) is 4.74 Å². The van der Waals surface area contributed by atoms with E-state index < -0.39 is 12.0 Å². The number of aromatic nitrogens is 2. The molecule has 0 aliphatic carbocycles. The molecule has 1 N–H and O–H groups in total. The molecule has 8 heteroatoms. The Morgan fingerprint density at radius 1 is 1.30 bits per heavy atom. The molecule has 27 heavy (non-hydrogen) atoms. The predicted octanol–water partition coefficient (Wildman–Crippen LogP) is 1.87. The lowest BCUT2D eigenvalue weighted by Gasteiger charge is -2.21. The van der Waals surface area contributed by atoms with Crippen LogP contribution in [0.15, 0.2) is 24.3 Å². The van der Waals surface area contributed by atoms with Crippen molar-refractivity contribution in [1.29, 1.82) is 0 Å². The second-order valence-corrected chi connectivity index (χ2v) is 6.71. The van der Waals surface area contributed by atoms with Crippen molar-refractivity contribution in [3.63, 3.8) is 0 Å². The van der Waals surface area contributed by atoms with E-state index in [1.807, 2.05) is 6.92 Å². The van der Waals surface area contributed by atoms with Crippen LogP contribution in [-0.4, -0.2) is 57.5 Å². The molecular weight excluding hydrogens is 353 g/mol. The number of carbonyl (C=O) groups excluding carboxylic acids is 1. The molecule has 3 rings (SSSR count). The lowest BCUT2D eigenvalue weighted by atomic mass is 10.1. The Hall–Kier alpha value is -2.74. The molecule has 2 atom stereocenters. The second kappa shape index (κ2) is 7.48. The normalized spacial score (nSPS) is 19.5. The first-order valence-electron chi connectivity index (χ1n) is 8.68. The smallest absolute Gasteiger partial charge is 0.326 e. The minimum absolute atomic E-state index is 0.0546. The number of halogens is 1. The number of ether oxygens (including phenoxy) is 1. The third-order valence-electron chi connectivity index (χ3n) is 5.04. The van der Waals surface area contributed by atoms with Crippen LogP contribution in [0.3, 0.4) is 0 Å². The predicted molar refractivity (Wildman–Crippen MR) is 95.3 cm³/mol. The van der Waals surface area contributed by atoms with Crippen molar-refractivity contribution >= 4 is 11.9 Å². The van der Waals surface area contributed by atoms with Crippen LogP contribution in [0.25, 0.3) is 5.69 Å². The fraction of sp³-hybridized carbons (Fsp3) is 0.421. The van der Waals surface area contributed by atoms with Crippen LogP contribution in [0, 0.1) is 19.7 Å². The zero-order chi connectivity index (χ0) is 19.7. The average molecular weight is 375 g/mol. The van der Waals surface area contributed by atoms with Crippen LogP contribution in [-0.2, 0) is 20.7 Å². The van der Waals surface area contributed by atoms with Crippen LogP contribution < -0.4 is 0 Å². The standard InChI is InChI=1S/C19H22FN3O4/c1-11-16(12(2)23(21-11)14-6-4-13(20)5-7-14)9-18(24)22-10-15(27-3)8-17(22)19(25)26/h4-7,15,17H,8-10H2,1-3H3,(H,25,26). The van der Waals surface area contributed by atoms with Gasteiger partial charge in [0.1, 0.15) is 11.9 Å². The number of carboxylic acid groups (broad SMARTS) is 1. The van der Waals surface area contributed by atoms with Gasteiger partial charge < -0.3 is 14.7 Å². The summed E-state index contributed by atoms with van der Waals surface area (Å²) in [7, 11) is 1.51. The van der Waals surface area contributed by atoms with Crippen molar-refractivity contribution in [2.75, 3.05) is 13.7 Å². The van der Waals surface area contributed by atoms with Crippen LogP contribution in [0.1, 0.15) is 23.4 Å². The number of hydrogen-bond donors (Lipinski definition) is 1. The fourth-order valence-electron chi connectivity index (χ4n) is 3.50. The van der Waals surface area contributed by atoms with Crippen LogP contribution in [0.2, 0.25) is 0 Å². The molecule has 144 valence electrons. The Morgan fingerprint density at radius 2 is 1.96 bits per heavy atom. The summed E-state index contributed by atoms with van der Waals surface area (Å²) in [5.41, 5.74) is 2.88. The number of carboxylic acids is 1. The fourth-order valence-corrected chi connectivity index (χ4v) is 3.50. The molecule has 2 unspecified atom stereocenters. The third kappa shape index (κ3) is 3.71. The Kier molecular flexibility index (Phi) is 5.27. The second-order valence-electron chi connectivity index (χ2n) is 6.71. The molecule has 1 aromatic carbocycles. The van der Waals surface area contributed by atoms with Crippen molar-refractivity contribution in [1.82, 2.24) is 14.7 Å². The van der Waals surface area contributed by atoms with Gasteiger partial charge in [-0.25, -0.2) is 13.9 Å². The summed E-state index contributed by atoms with van der Waals surface area (Å²) in [6, 6.07) is 5.05. The number of carbonyl (C=O) groups is 2. The maximum absolute atomic E-state index is 13.2. The Bertz CT molecular complexity index is 863. The largest absolute Gasteiger partial charge is 0.480 e. The summed E-state index contributed by atoms with van der Waals surface area (Å²) >= 11 is 0. The summed E-state index contributed by atoms with van der Waals surface area (Å²) < 4.78 is 20.1. The first kappa shape index (κ1) is 19.0. The highest BCUT2D eigenvalue weighted by molar-refractivity contribution is 5.86. The highest BCUT2D eigenvalue weighted by Crippen LogP contribution is 2.24. The Balaban J connectivity index is 1.84. The van der Waals surface area contributed by atoms with Gasteiger partial charge in [0.15, 0.2) is 0 Å². The van der Waals surface area contributed by atoms with Gasteiger partial charge in [-0.2, -0.15) is 5.10 Å². The maximum Gasteiger partial charge on any atom is 0.326 e. The monoisotopic (exact) mass is 375 g/mol. The number of nitrogens with zero attached hydrogens (tertiary/aromatic N) is 3. The van der Waals surface area contributed by atoms with Crippen LogP contribution >= 0.6 is 0 Å². The molecule has 0 spiro atoms. The van der Waals surface area contributed by atoms with E-state index in [1.54, 1.807) is 23.7 Å². The molecule has 2 heterocycles. The number of aliphatic carboxylic acids is 1. The van der Waals surface area contributed by atoms with Gasteiger partial charge in [-0.15, -0.1) is 0 Å². The Labute approximate surface area is 156 Å². The first-order valence-corrected chi connectivity index (χ1v) is 8.68. The summed E-state index contributed by atoms with van der Waals surface area (Å²) in [6.45, 7) is 3.89. The van der Waals surface area contributed by atoms with Crippen molar-refractivity contribution in [3.05, 3.63) is 47.0 Å². The molecule has 0 bridgehead atoms. The molecule has 0 radical (unpaired) electrons. The van der Waals surface area contributed by atoms with Crippen molar-refractivity contribution in [2.45, 2.75) is 38.8 Å². The number of benzene rings is 1. The van der Waals surface area contributed by atoms with Gasteiger partial charge in [0, 0.05) is 31.3 Å². The van der Waals surface area contributed by atoms with E-state index in [-0.39, 0.29) is 37.2 Å². The third-order valence-corrected chi connectivity index (χ3v) is 5.04. The molecular formula is C19H22FN3O4. The number of rotatable bonds is 5. The summed E-state index contributed by atoms with van der Waals surface area (Å²) in [5.74, 6) is -1.64. The molecule has 7 nitrogen and oxygen atoms in total. The number of likely N-dealkylation sites (tertiary alicyclic amines) is 1. The highest BCUT2D eigenvalue weighted by Gasteiger charge is 2.40. The van der Waals surface area contributed by atoms with Crippen molar-refractivity contribution < 1.29 is 23.8 Å². The first-order chi connectivity index (χ1) is 12.8. The molecule has 1 aliphatic heterocycles. The van der Waals surface area contributed by atoms with Crippen molar-refractivity contribution in [3.8, 4) is 5.69 Å². The molecule has 2 aromatic rings. The van der Waals surface area contributed by atoms with E-state index in [0.717, 1.165) is 11.3 Å². The van der Waals surface area contributed by atoms with Gasteiger partial charge in [-0.1, -0.05) is 0 Å². The maximum atomic E-state index is 13.2. The summed E-state index contributed by atoms with van der Waals surface area (Å²) in [5, 5.41) is 13.9. The van der Waals surface area contributed by atoms with E-state index >= 15 is 0 Å². The van der Waals surface area contributed by atoms with Gasteiger partial charge in [0.25, 0.3) is 0 Å². The number of amides is 1.